The number of anilines is 1. The molecule has 110 valence electrons. The molecule has 1 saturated heterocycles. The number of aryl methyl sites for hydroxylation is 2. The molecule has 1 fully saturated rings. The highest BCUT2D eigenvalue weighted by molar-refractivity contribution is 6.30. The molecule has 0 radical (unpaired) electrons. The summed E-state index contributed by atoms with van der Waals surface area (Å²) in [5.41, 5.74) is 2.87. The average molecular weight is 305 g/mol. The number of urea groups is 1. The lowest BCUT2D eigenvalue weighted by Crippen LogP contribution is -2.32. The molecule has 6 heteroatoms. The van der Waals surface area contributed by atoms with Gasteiger partial charge in [-0.3, -0.25) is 4.90 Å². The van der Waals surface area contributed by atoms with E-state index in [1.165, 1.54) is 0 Å². The average Bonchev–Trinajstić information content (AvgIpc) is 2.97. The van der Waals surface area contributed by atoms with Gasteiger partial charge in [0.1, 0.15) is 0 Å². The van der Waals surface area contributed by atoms with E-state index in [2.05, 4.69) is 4.98 Å². The van der Waals surface area contributed by atoms with E-state index in [4.69, 9.17) is 11.6 Å². The highest BCUT2D eigenvalue weighted by Crippen LogP contribution is 2.24. The first-order chi connectivity index (χ1) is 10.1. The first kappa shape index (κ1) is 13.9. The summed E-state index contributed by atoms with van der Waals surface area (Å²) < 4.78 is 1.96. The number of benzene rings is 1. The van der Waals surface area contributed by atoms with Crippen molar-refractivity contribution in [3.63, 3.8) is 0 Å². The fourth-order valence-electron chi connectivity index (χ4n) is 2.59. The van der Waals surface area contributed by atoms with Gasteiger partial charge in [0.05, 0.1) is 24.3 Å². The number of nitrogens with zero attached hydrogens (tertiary/aromatic N) is 4. The predicted molar refractivity (Wildman–Crippen MR) is 82.5 cm³/mol. The molecule has 2 aromatic rings. The molecule has 0 bridgehead atoms. The molecule has 5 nitrogen and oxygen atoms in total. The van der Waals surface area contributed by atoms with Crippen LogP contribution in [0.15, 0.2) is 30.6 Å². The fourth-order valence-corrected chi connectivity index (χ4v) is 2.78. The minimum atomic E-state index is 0.0119. The minimum Gasteiger partial charge on any atom is -0.336 e. The highest BCUT2D eigenvalue weighted by atomic mass is 35.5. The quantitative estimate of drug-likeness (QED) is 0.875. The lowest BCUT2D eigenvalue weighted by atomic mass is 10.3. The third-order valence-electron chi connectivity index (χ3n) is 3.82. The standard InChI is InChI=1S/C15H17ClN4O/c1-11-14(18(2)10-17-11)9-19-6-7-20(15(19)21)13-5-3-4-12(16)8-13/h3-5,8,10H,6-7,9H2,1-2H3. The summed E-state index contributed by atoms with van der Waals surface area (Å²) in [5.74, 6) is 0. The van der Waals surface area contributed by atoms with Crippen LogP contribution in [0.2, 0.25) is 5.02 Å². The van der Waals surface area contributed by atoms with Gasteiger partial charge in [-0.05, 0) is 25.1 Å². The molecule has 0 unspecified atom stereocenters. The van der Waals surface area contributed by atoms with Gasteiger partial charge in [0, 0.05) is 30.8 Å². The number of carbonyl (C=O) groups is 1. The maximum absolute atomic E-state index is 12.5. The maximum atomic E-state index is 12.5. The number of imidazole rings is 1. The Labute approximate surface area is 128 Å². The molecule has 1 aliphatic rings. The number of carbonyl (C=O) groups excluding carboxylic acids is 1. The van der Waals surface area contributed by atoms with Crippen LogP contribution < -0.4 is 4.90 Å². The molecule has 1 aromatic heterocycles. The van der Waals surface area contributed by atoms with Gasteiger partial charge >= 0.3 is 6.03 Å². The zero-order chi connectivity index (χ0) is 15.0. The molecule has 1 aliphatic heterocycles. The smallest absolute Gasteiger partial charge is 0.324 e. The zero-order valence-corrected chi connectivity index (χ0v) is 12.8. The second-order valence-corrected chi connectivity index (χ2v) is 5.66. The van der Waals surface area contributed by atoms with Gasteiger partial charge in [-0.1, -0.05) is 17.7 Å². The normalized spacial score (nSPS) is 15.1. The molecule has 3 rings (SSSR count). The second-order valence-electron chi connectivity index (χ2n) is 5.22. The van der Waals surface area contributed by atoms with E-state index in [-0.39, 0.29) is 6.03 Å². The Kier molecular flexibility index (Phi) is 3.59. The van der Waals surface area contributed by atoms with Crippen LogP contribution in [0, 0.1) is 6.92 Å². The highest BCUT2D eigenvalue weighted by Gasteiger charge is 2.30. The van der Waals surface area contributed by atoms with Crippen LogP contribution >= 0.6 is 11.6 Å². The molecular weight excluding hydrogens is 288 g/mol. The number of halogens is 1. The Morgan fingerprint density at radius 1 is 1.33 bits per heavy atom. The van der Waals surface area contributed by atoms with Crippen LogP contribution in [-0.2, 0) is 13.6 Å². The Morgan fingerprint density at radius 2 is 2.14 bits per heavy atom. The number of rotatable bonds is 3. The summed E-state index contributed by atoms with van der Waals surface area (Å²) in [6.07, 6.45) is 1.78. The van der Waals surface area contributed by atoms with Gasteiger partial charge in [0.2, 0.25) is 0 Å². The van der Waals surface area contributed by atoms with E-state index in [0.717, 1.165) is 17.1 Å². The van der Waals surface area contributed by atoms with Crippen molar-refractivity contribution in [1.29, 1.82) is 0 Å². The minimum absolute atomic E-state index is 0.0119. The van der Waals surface area contributed by atoms with Crippen molar-refractivity contribution in [2.45, 2.75) is 13.5 Å². The van der Waals surface area contributed by atoms with Gasteiger partial charge in [0.25, 0.3) is 0 Å². The third-order valence-corrected chi connectivity index (χ3v) is 4.06. The molecular formula is C15H17ClN4O. The van der Waals surface area contributed by atoms with E-state index in [0.29, 0.717) is 24.7 Å². The number of aromatic nitrogens is 2. The van der Waals surface area contributed by atoms with Crippen molar-refractivity contribution in [3.05, 3.63) is 47.0 Å². The summed E-state index contributed by atoms with van der Waals surface area (Å²) in [6, 6.07) is 7.40. The largest absolute Gasteiger partial charge is 0.336 e. The lowest BCUT2D eigenvalue weighted by Gasteiger charge is -2.19. The predicted octanol–water partition coefficient (Wildman–Crippen LogP) is 2.82. The van der Waals surface area contributed by atoms with Crippen LogP contribution in [0.4, 0.5) is 10.5 Å². The van der Waals surface area contributed by atoms with E-state index in [1.54, 1.807) is 11.2 Å². The molecule has 0 saturated carbocycles. The van der Waals surface area contributed by atoms with Crippen LogP contribution in [-0.4, -0.2) is 33.6 Å². The third kappa shape index (κ3) is 2.61. The Balaban J connectivity index is 1.78. The van der Waals surface area contributed by atoms with Gasteiger partial charge < -0.3 is 9.47 Å². The number of hydrogen-bond acceptors (Lipinski definition) is 2. The van der Waals surface area contributed by atoms with Crippen LogP contribution in [0.25, 0.3) is 0 Å². The van der Waals surface area contributed by atoms with Crippen molar-refractivity contribution in [2.24, 2.45) is 7.05 Å². The number of hydrogen-bond donors (Lipinski definition) is 0. The summed E-state index contributed by atoms with van der Waals surface area (Å²) in [4.78, 5) is 20.4. The molecule has 2 heterocycles. The molecule has 0 aliphatic carbocycles. The molecule has 0 spiro atoms. The van der Waals surface area contributed by atoms with Crippen molar-refractivity contribution >= 4 is 23.3 Å². The van der Waals surface area contributed by atoms with Crippen molar-refractivity contribution < 1.29 is 4.79 Å². The SMILES string of the molecule is Cc1ncn(C)c1CN1CCN(c2cccc(Cl)c2)C1=O. The lowest BCUT2D eigenvalue weighted by molar-refractivity contribution is 0.217. The van der Waals surface area contributed by atoms with Crippen LogP contribution in [0.5, 0.6) is 0 Å². The van der Waals surface area contributed by atoms with Crippen molar-refractivity contribution in [3.8, 4) is 0 Å². The summed E-state index contributed by atoms with van der Waals surface area (Å²) >= 11 is 6.00. The number of amides is 2. The van der Waals surface area contributed by atoms with Crippen LogP contribution in [0.3, 0.4) is 0 Å². The van der Waals surface area contributed by atoms with Gasteiger partial charge in [-0.15, -0.1) is 0 Å². The molecule has 2 amide bonds. The topological polar surface area (TPSA) is 41.4 Å². The van der Waals surface area contributed by atoms with Gasteiger partial charge in [-0.2, -0.15) is 0 Å². The summed E-state index contributed by atoms with van der Waals surface area (Å²) in [6.45, 7) is 3.93. The van der Waals surface area contributed by atoms with Gasteiger partial charge in [0.15, 0.2) is 0 Å². The Bertz CT molecular complexity index is 663. The van der Waals surface area contributed by atoms with E-state index in [9.17, 15) is 4.79 Å². The molecule has 0 N–H and O–H groups in total. The maximum Gasteiger partial charge on any atom is 0.324 e. The van der Waals surface area contributed by atoms with Crippen molar-refractivity contribution in [1.82, 2.24) is 14.5 Å². The molecule has 1 aromatic carbocycles. The summed E-state index contributed by atoms with van der Waals surface area (Å²) in [7, 11) is 1.95. The van der Waals surface area contributed by atoms with Crippen LogP contribution in [0.1, 0.15) is 11.4 Å². The second kappa shape index (κ2) is 5.41. The van der Waals surface area contributed by atoms with E-state index >= 15 is 0 Å². The monoisotopic (exact) mass is 304 g/mol. The summed E-state index contributed by atoms with van der Waals surface area (Å²) in [5, 5.41) is 0.640. The van der Waals surface area contributed by atoms with E-state index < -0.39 is 0 Å². The van der Waals surface area contributed by atoms with Crippen molar-refractivity contribution in [2.75, 3.05) is 18.0 Å². The first-order valence-corrected chi connectivity index (χ1v) is 7.23. The molecule has 21 heavy (non-hydrogen) atoms. The van der Waals surface area contributed by atoms with E-state index in [1.807, 2.05) is 47.7 Å². The first-order valence-electron chi connectivity index (χ1n) is 6.85. The van der Waals surface area contributed by atoms with Gasteiger partial charge in [-0.25, -0.2) is 9.78 Å². The Hall–Kier alpha value is -2.01. The molecule has 0 atom stereocenters. The zero-order valence-electron chi connectivity index (χ0n) is 12.1. The fraction of sp³-hybridized carbons (Fsp3) is 0.333. The Morgan fingerprint density at radius 3 is 2.81 bits per heavy atom.